The number of hydrogen-bond donors (Lipinski definition) is 1. The third-order valence-electron chi connectivity index (χ3n) is 2.99. The molecule has 0 aliphatic carbocycles. The third kappa shape index (κ3) is 2.19. The van der Waals surface area contributed by atoms with E-state index in [4.69, 9.17) is 0 Å². The van der Waals surface area contributed by atoms with Gasteiger partial charge in [-0.15, -0.1) is 0 Å². The van der Waals surface area contributed by atoms with Gasteiger partial charge in [-0.3, -0.25) is 15.0 Å². The Kier molecular flexibility index (Phi) is 2.94. The molecule has 3 amide bonds. The van der Waals surface area contributed by atoms with Crippen LogP contribution in [0.1, 0.15) is 6.42 Å². The SMILES string of the molecule is O=C1CCN(c2ccc3cccc(Br)c3n2)C(=O)N1. The van der Waals surface area contributed by atoms with Crippen molar-refractivity contribution < 1.29 is 9.59 Å². The highest BCUT2D eigenvalue weighted by molar-refractivity contribution is 9.10. The number of benzene rings is 1. The van der Waals surface area contributed by atoms with Crippen LogP contribution in [-0.4, -0.2) is 23.5 Å². The fourth-order valence-electron chi connectivity index (χ4n) is 2.03. The van der Waals surface area contributed by atoms with Crippen molar-refractivity contribution in [3.05, 3.63) is 34.8 Å². The molecule has 1 aliphatic rings. The number of pyridine rings is 1. The number of para-hydroxylation sites is 1. The van der Waals surface area contributed by atoms with Gasteiger partial charge in [0.05, 0.1) is 5.52 Å². The number of rotatable bonds is 1. The molecule has 2 heterocycles. The zero-order chi connectivity index (χ0) is 13.4. The Hall–Kier alpha value is -1.95. The van der Waals surface area contributed by atoms with E-state index in [0.717, 1.165) is 15.4 Å². The molecule has 1 aliphatic heterocycles. The number of halogens is 1. The fraction of sp³-hybridized carbons (Fsp3) is 0.154. The second-order valence-electron chi connectivity index (χ2n) is 4.24. The second-order valence-corrected chi connectivity index (χ2v) is 5.09. The lowest BCUT2D eigenvalue weighted by Gasteiger charge is -2.25. The molecule has 19 heavy (non-hydrogen) atoms. The number of aromatic nitrogens is 1. The lowest BCUT2D eigenvalue weighted by molar-refractivity contribution is -0.120. The minimum absolute atomic E-state index is 0.247. The molecule has 5 nitrogen and oxygen atoms in total. The van der Waals surface area contributed by atoms with Gasteiger partial charge in [0.15, 0.2) is 0 Å². The van der Waals surface area contributed by atoms with Gasteiger partial charge in [-0.25, -0.2) is 9.78 Å². The van der Waals surface area contributed by atoms with Gasteiger partial charge in [-0.1, -0.05) is 12.1 Å². The van der Waals surface area contributed by atoms with Gasteiger partial charge < -0.3 is 0 Å². The fourth-order valence-corrected chi connectivity index (χ4v) is 2.50. The summed E-state index contributed by atoms with van der Waals surface area (Å²) >= 11 is 3.44. The summed E-state index contributed by atoms with van der Waals surface area (Å²) < 4.78 is 0.875. The molecule has 0 saturated carbocycles. The Balaban J connectivity index is 2.04. The van der Waals surface area contributed by atoms with E-state index in [0.29, 0.717) is 18.8 Å². The monoisotopic (exact) mass is 319 g/mol. The van der Waals surface area contributed by atoms with Crippen LogP contribution in [0, 0.1) is 0 Å². The molecular weight excluding hydrogens is 310 g/mol. The third-order valence-corrected chi connectivity index (χ3v) is 3.63. The number of fused-ring (bicyclic) bond motifs is 1. The Bertz CT molecular complexity index is 687. The van der Waals surface area contributed by atoms with Crippen molar-refractivity contribution in [2.45, 2.75) is 6.42 Å². The van der Waals surface area contributed by atoms with E-state index < -0.39 is 6.03 Å². The van der Waals surface area contributed by atoms with Crippen LogP contribution >= 0.6 is 15.9 Å². The topological polar surface area (TPSA) is 62.3 Å². The zero-order valence-corrected chi connectivity index (χ0v) is 11.5. The van der Waals surface area contributed by atoms with E-state index in [1.54, 1.807) is 6.07 Å². The van der Waals surface area contributed by atoms with Crippen molar-refractivity contribution in [2.24, 2.45) is 0 Å². The molecule has 1 aromatic heterocycles. The highest BCUT2D eigenvalue weighted by Gasteiger charge is 2.25. The van der Waals surface area contributed by atoms with Crippen molar-refractivity contribution in [3.8, 4) is 0 Å². The summed E-state index contributed by atoms with van der Waals surface area (Å²) in [5, 5.41) is 3.28. The number of carbonyl (C=O) groups excluding carboxylic acids is 2. The van der Waals surface area contributed by atoms with Crippen LogP contribution in [0.2, 0.25) is 0 Å². The smallest absolute Gasteiger partial charge is 0.278 e. The van der Waals surface area contributed by atoms with Crippen molar-refractivity contribution in [1.29, 1.82) is 0 Å². The summed E-state index contributed by atoms with van der Waals surface area (Å²) in [6.45, 7) is 0.355. The average molecular weight is 320 g/mol. The van der Waals surface area contributed by atoms with E-state index in [1.165, 1.54) is 4.90 Å². The number of nitrogens with one attached hydrogen (secondary N) is 1. The summed E-state index contributed by atoms with van der Waals surface area (Å²) in [5.74, 6) is 0.299. The molecule has 6 heteroatoms. The highest BCUT2D eigenvalue weighted by Crippen LogP contribution is 2.25. The maximum absolute atomic E-state index is 11.8. The highest BCUT2D eigenvalue weighted by atomic mass is 79.9. The zero-order valence-electron chi connectivity index (χ0n) is 9.89. The van der Waals surface area contributed by atoms with Gasteiger partial charge in [-0.05, 0) is 34.1 Å². The molecule has 96 valence electrons. The maximum Gasteiger partial charge on any atom is 0.329 e. The summed E-state index contributed by atoms with van der Waals surface area (Å²) in [4.78, 5) is 28.9. The van der Waals surface area contributed by atoms with Crippen LogP contribution in [-0.2, 0) is 4.79 Å². The van der Waals surface area contributed by atoms with Crippen molar-refractivity contribution >= 4 is 44.6 Å². The Morgan fingerprint density at radius 2 is 2.05 bits per heavy atom. The van der Waals surface area contributed by atoms with E-state index >= 15 is 0 Å². The number of imide groups is 1. The molecular formula is C13H10BrN3O2. The molecule has 0 unspecified atom stereocenters. The standard InChI is InChI=1S/C13H10BrN3O2/c14-9-3-1-2-8-4-5-10(15-12(8)9)17-7-6-11(18)16-13(17)19/h1-5H,6-7H2,(H,16,18,19). The summed E-state index contributed by atoms with van der Waals surface area (Å²) in [6.07, 6.45) is 0.293. The van der Waals surface area contributed by atoms with E-state index in [1.807, 2.05) is 24.3 Å². The first-order chi connectivity index (χ1) is 9.15. The lowest BCUT2D eigenvalue weighted by atomic mass is 10.2. The van der Waals surface area contributed by atoms with Crippen LogP contribution < -0.4 is 10.2 Å². The minimum atomic E-state index is -0.421. The normalized spacial score (nSPS) is 15.7. The predicted octanol–water partition coefficient (Wildman–Crippen LogP) is 2.44. The van der Waals surface area contributed by atoms with Gasteiger partial charge in [0.2, 0.25) is 5.91 Å². The van der Waals surface area contributed by atoms with E-state index in [-0.39, 0.29) is 5.91 Å². The molecule has 0 spiro atoms. The van der Waals surface area contributed by atoms with Crippen LogP contribution in [0.5, 0.6) is 0 Å². The Labute approximate surface area is 117 Å². The van der Waals surface area contributed by atoms with Crippen molar-refractivity contribution in [1.82, 2.24) is 10.3 Å². The number of urea groups is 1. The largest absolute Gasteiger partial charge is 0.329 e. The lowest BCUT2D eigenvalue weighted by Crippen LogP contribution is -2.49. The van der Waals surface area contributed by atoms with Crippen LogP contribution in [0.3, 0.4) is 0 Å². The van der Waals surface area contributed by atoms with Crippen molar-refractivity contribution in [2.75, 3.05) is 11.4 Å². The van der Waals surface area contributed by atoms with Crippen LogP contribution in [0.25, 0.3) is 10.9 Å². The van der Waals surface area contributed by atoms with Gasteiger partial charge in [-0.2, -0.15) is 0 Å². The maximum atomic E-state index is 11.8. The Morgan fingerprint density at radius 1 is 1.21 bits per heavy atom. The number of carbonyl (C=O) groups is 2. The predicted molar refractivity (Wildman–Crippen MR) is 74.9 cm³/mol. The number of anilines is 1. The van der Waals surface area contributed by atoms with Gasteiger partial charge in [0.25, 0.3) is 0 Å². The summed E-state index contributed by atoms with van der Waals surface area (Å²) in [5.41, 5.74) is 0.796. The molecule has 1 fully saturated rings. The number of hydrogen-bond acceptors (Lipinski definition) is 3. The molecule has 1 N–H and O–H groups in total. The first-order valence-corrected chi connectivity index (χ1v) is 6.61. The van der Waals surface area contributed by atoms with E-state index in [9.17, 15) is 9.59 Å². The molecule has 0 radical (unpaired) electrons. The van der Waals surface area contributed by atoms with Crippen molar-refractivity contribution in [3.63, 3.8) is 0 Å². The minimum Gasteiger partial charge on any atom is -0.278 e. The average Bonchev–Trinajstić information content (AvgIpc) is 2.39. The van der Waals surface area contributed by atoms with E-state index in [2.05, 4.69) is 26.2 Å². The first kappa shape index (κ1) is 12.1. The van der Waals surface area contributed by atoms with Gasteiger partial charge >= 0.3 is 6.03 Å². The molecule has 0 atom stereocenters. The molecule has 1 saturated heterocycles. The Morgan fingerprint density at radius 3 is 2.84 bits per heavy atom. The van der Waals surface area contributed by atoms with Gasteiger partial charge in [0.1, 0.15) is 5.82 Å². The first-order valence-electron chi connectivity index (χ1n) is 5.82. The summed E-state index contributed by atoms with van der Waals surface area (Å²) in [6, 6.07) is 9.06. The summed E-state index contributed by atoms with van der Waals surface area (Å²) in [7, 11) is 0. The molecule has 0 bridgehead atoms. The number of amides is 3. The molecule has 2 aromatic rings. The van der Waals surface area contributed by atoms with Crippen LogP contribution in [0.15, 0.2) is 34.8 Å². The molecule has 1 aromatic carbocycles. The number of nitrogens with zero attached hydrogens (tertiary/aromatic N) is 2. The van der Waals surface area contributed by atoms with Crippen LogP contribution in [0.4, 0.5) is 10.6 Å². The quantitative estimate of drug-likeness (QED) is 0.878. The molecule has 3 rings (SSSR count). The second kappa shape index (κ2) is 4.62. The van der Waals surface area contributed by atoms with Gasteiger partial charge in [0, 0.05) is 22.8 Å².